The molecule has 9 nitrogen and oxygen atoms in total. The molecule has 5 rings (SSSR count). The van der Waals surface area contributed by atoms with Gasteiger partial charge in [0.2, 0.25) is 5.91 Å². The van der Waals surface area contributed by atoms with Gasteiger partial charge in [0.15, 0.2) is 11.9 Å². The Hall–Kier alpha value is -4.05. The van der Waals surface area contributed by atoms with Crippen LogP contribution in [0, 0.1) is 11.7 Å². The Kier molecular flexibility index (Phi) is 8.49. The molecule has 2 aliphatic heterocycles. The van der Waals surface area contributed by atoms with E-state index in [0.717, 1.165) is 11.1 Å². The molecule has 0 spiro atoms. The van der Waals surface area contributed by atoms with Crippen LogP contribution in [0.2, 0.25) is 5.02 Å². The van der Waals surface area contributed by atoms with E-state index in [1.807, 2.05) is 31.2 Å². The van der Waals surface area contributed by atoms with Crippen molar-refractivity contribution in [2.24, 2.45) is 5.92 Å². The maximum atomic E-state index is 14.6. The number of benzene rings is 1. The lowest BCUT2D eigenvalue weighted by molar-refractivity contribution is -0.139. The minimum Gasteiger partial charge on any atom is -0.469 e. The number of rotatable bonds is 4. The molecule has 2 bridgehead atoms. The van der Waals surface area contributed by atoms with E-state index in [4.69, 9.17) is 21.1 Å². The molecule has 2 amide bonds. The van der Waals surface area contributed by atoms with Crippen molar-refractivity contribution in [2.45, 2.75) is 51.2 Å². The van der Waals surface area contributed by atoms with E-state index in [1.165, 1.54) is 19.4 Å². The second-order valence-corrected chi connectivity index (χ2v) is 10.7. The summed E-state index contributed by atoms with van der Waals surface area (Å²) in [5.74, 6) is -1.50. The highest BCUT2D eigenvalue weighted by Gasteiger charge is 2.36. The van der Waals surface area contributed by atoms with Gasteiger partial charge in [-0.25, -0.2) is 9.18 Å². The topological polar surface area (TPSA) is 111 Å². The Balaban J connectivity index is 1.47. The number of nitrogens with zero attached hydrogens (tertiary/aromatic N) is 3. The van der Waals surface area contributed by atoms with Crippen LogP contribution in [-0.2, 0) is 25.5 Å². The summed E-state index contributed by atoms with van der Waals surface area (Å²) in [7, 11) is 1.33. The molecule has 3 aromatic rings. The Labute approximate surface area is 242 Å². The van der Waals surface area contributed by atoms with Crippen molar-refractivity contribution in [3.8, 4) is 11.1 Å². The van der Waals surface area contributed by atoms with Gasteiger partial charge < -0.3 is 14.8 Å². The van der Waals surface area contributed by atoms with Crippen LogP contribution >= 0.6 is 11.6 Å². The number of carbonyl (C=O) groups excluding carboxylic acids is 3. The SMILES string of the molecule is COC(=O)Cc1ccc2c(c1)NC(=O)[C@H](C)CCC[C@H](N1CC[C@@H](c3nccc(Cl)c3F)OC1=O)c1cc-2ccn1. The molecule has 0 unspecified atom stereocenters. The maximum absolute atomic E-state index is 14.6. The van der Waals surface area contributed by atoms with E-state index in [2.05, 4.69) is 15.3 Å². The molecule has 4 heterocycles. The predicted octanol–water partition coefficient (Wildman–Crippen LogP) is 6.03. The van der Waals surface area contributed by atoms with Crippen LogP contribution in [0.3, 0.4) is 0 Å². The van der Waals surface area contributed by atoms with E-state index in [1.54, 1.807) is 17.2 Å². The molecule has 214 valence electrons. The van der Waals surface area contributed by atoms with Gasteiger partial charge in [-0.2, -0.15) is 0 Å². The van der Waals surface area contributed by atoms with Crippen LogP contribution < -0.4 is 5.32 Å². The molecule has 1 fully saturated rings. The number of hydrogen-bond acceptors (Lipinski definition) is 7. The Morgan fingerprint density at radius 1 is 1.15 bits per heavy atom. The number of cyclic esters (lactones) is 1. The van der Waals surface area contributed by atoms with Crippen molar-refractivity contribution in [2.75, 3.05) is 19.0 Å². The van der Waals surface area contributed by atoms with Gasteiger partial charge in [-0.05, 0) is 48.2 Å². The summed E-state index contributed by atoms with van der Waals surface area (Å²) in [5, 5.41) is 2.96. The second-order valence-electron chi connectivity index (χ2n) is 10.3. The molecule has 11 heteroatoms. The number of esters is 1. The minimum atomic E-state index is -0.849. The van der Waals surface area contributed by atoms with Crippen molar-refractivity contribution in [1.82, 2.24) is 14.9 Å². The number of pyridine rings is 2. The van der Waals surface area contributed by atoms with E-state index >= 15 is 0 Å². The molecule has 1 saturated heterocycles. The number of amides is 2. The summed E-state index contributed by atoms with van der Waals surface area (Å²) in [4.78, 5) is 48.6. The van der Waals surface area contributed by atoms with Crippen LogP contribution in [0.25, 0.3) is 11.1 Å². The monoisotopic (exact) mass is 580 g/mol. The molecule has 3 atom stereocenters. The van der Waals surface area contributed by atoms with Gasteiger partial charge in [-0.3, -0.25) is 24.5 Å². The molecule has 0 aliphatic carbocycles. The fraction of sp³-hybridized carbons (Fsp3) is 0.367. The van der Waals surface area contributed by atoms with E-state index in [9.17, 15) is 18.8 Å². The van der Waals surface area contributed by atoms with E-state index in [-0.39, 0.29) is 34.9 Å². The number of hydrogen-bond donors (Lipinski definition) is 1. The number of methoxy groups -OCH3 is 1. The van der Waals surface area contributed by atoms with Gasteiger partial charge in [-0.15, -0.1) is 0 Å². The van der Waals surface area contributed by atoms with Gasteiger partial charge in [0.05, 0.1) is 30.3 Å². The summed E-state index contributed by atoms with van der Waals surface area (Å²) < 4.78 is 25.1. The van der Waals surface area contributed by atoms with Crippen LogP contribution in [-0.4, -0.2) is 46.5 Å². The number of fused-ring (bicyclic) bond motifs is 4. The highest BCUT2D eigenvalue weighted by Crippen LogP contribution is 2.38. The van der Waals surface area contributed by atoms with E-state index in [0.29, 0.717) is 49.2 Å². The first-order valence-electron chi connectivity index (χ1n) is 13.5. The lowest BCUT2D eigenvalue weighted by atomic mass is 9.94. The smallest absolute Gasteiger partial charge is 0.411 e. The standard InChI is InChI=1S/C30H30ClFN4O5/c1-17-4-3-5-24(36-13-10-25(41-30(36)39)28-27(32)21(31)9-12-34-28)23-16-19(8-11-33-23)20-7-6-18(15-26(37)40-2)14-22(20)35-29(17)38/h6-9,11-12,14,16-17,24-25H,3-5,10,13,15H2,1-2H3,(H,35,38)/t17-,24+,25+/m1/s1. The first-order valence-corrected chi connectivity index (χ1v) is 13.9. The van der Waals surface area contributed by atoms with Crippen molar-refractivity contribution in [3.63, 3.8) is 0 Å². The maximum Gasteiger partial charge on any atom is 0.411 e. The average Bonchev–Trinajstić information content (AvgIpc) is 2.96. The third-order valence-corrected chi connectivity index (χ3v) is 7.87. The normalized spacial score (nSPS) is 21.1. The predicted molar refractivity (Wildman–Crippen MR) is 150 cm³/mol. The van der Waals surface area contributed by atoms with Crippen molar-refractivity contribution >= 4 is 35.3 Å². The van der Waals surface area contributed by atoms with Gasteiger partial charge in [0.1, 0.15) is 5.69 Å². The van der Waals surface area contributed by atoms with Crippen molar-refractivity contribution < 1.29 is 28.2 Å². The fourth-order valence-electron chi connectivity index (χ4n) is 5.29. The molecule has 41 heavy (non-hydrogen) atoms. The highest BCUT2D eigenvalue weighted by molar-refractivity contribution is 6.30. The second kappa shape index (κ2) is 12.2. The number of ether oxygens (including phenoxy) is 2. The van der Waals surface area contributed by atoms with E-state index < -0.39 is 24.1 Å². The summed E-state index contributed by atoms with van der Waals surface area (Å²) in [6.45, 7) is 2.16. The van der Waals surface area contributed by atoms with Crippen molar-refractivity contribution in [1.29, 1.82) is 0 Å². The Morgan fingerprint density at radius 3 is 2.73 bits per heavy atom. The number of nitrogens with one attached hydrogen (secondary N) is 1. The largest absolute Gasteiger partial charge is 0.469 e. The molecule has 2 aliphatic rings. The quantitative estimate of drug-likeness (QED) is 0.375. The molecular formula is C30H30ClFN4O5. The Bertz CT molecular complexity index is 1480. The lowest BCUT2D eigenvalue weighted by Gasteiger charge is -2.37. The van der Waals surface area contributed by atoms with Crippen LogP contribution in [0.4, 0.5) is 14.9 Å². The summed E-state index contributed by atoms with van der Waals surface area (Å²) in [5.41, 5.74) is 3.52. The number of aromatic nitrogens is 2. The molecule has 2 aromatic heterocycles. The number of halogens is 2. The molecule has 1 aromatic carbocycles. The fourth-order valence-corrected chi connectivity index (χ4v) is 5.45. The zero-order chi connectivity index (χ0) is 29.1. The first kappa shape index (κ1) is 28.5. The van der Waals surface area contributed by atoms with Crippen LogP contribution in [0.5, 0.6) is 0 Å². The first-order chi connectivity index (χ1) is 19.7. The third-order valence-electron chi connectivity index (χ3n) is 7.57. The van der Waals surface area contributed by atoms with Gasteiger partial charge in [-0.1, -0.05) is 37.1 Å². The average molecular weight is 581 g/mol. The highest BCUT2D eigenvalue weighted by atomic mass is 35.5. The van der Waals surface area contributed by atoms with Crippen molar-refractivity contribution in [3.05, 3.63) is 76.6 Å². The summed E-state index contributed by atoms with van der Waals surface area (Å²) in [6.07, 6.45) is 3.81. The summed E-state index contributed by atoms with van der Waals surface area (Å²) >= 11 is 5.92. The zero-order valence-electron chi connectivity index (χ0n) is 22.7. The van der Waals surface area contributed by atoms with Crippen LogP contribution in [0.15, 0.2) is 48.8 Å². The molecule has 0 saturated carbocycles. The zero-order valence-corrected chi connectivity index (χ0v) is 23.5. The molecule has 1 N–H and O–H groups in total. The number of anilines is 1. The Morgan fingerprint density at radius 2 is 1.95 bits per heavy atom. The van der Waals surface area contributed by atoms with Gasteiger partial charge in [0.25, 0.3) is 0 Å². The van der Waals surface area contributed by atoms with Crippen LogP contribution in [0.1, 0.15) is 61.7 Å². The van der Waals surface area contributed by atoms with Gasteiger partial charge in [0, 0.05) is 42.5 Å². The molecule has 0 radical (unpaired) electrons. The number of carbonyl (C=O) groups is 3. The third kappa shape index (κ3) is 6.17. The molecular weight excluding hydrogens is 551 g/mol. The summed E-state index contributed by atoms with van der Waals surface area (Å²) in [6, 6.07) is 10.1. The van der Waals surface area contributed by atoms with Gasteiger partial charge >= 0.3 is 12.1 Å². The lowest BCUT2D eigenvalue weighted by Crippen LogP contribution is -2.42. The minimum absolute atomic E-state index is 0.00678.